The van der Waals surface area contributed by atoms with Crippen LogP contribution in [-0.4, -0.2) is 16.1 Å². The van der Waals surface area contributed by atoms with Crippen LogP contribution in [0.4, 0.5) is 0 Å². The van der Waals surface area contributed by atoms with Crippen LogP contribution in [0.2, 0.25) is 0 Å². The van der Waals surface area contributed by atoms with Crippen molar-refractivity contribution in [1.82, 2.24) is 14.9 Å². The van der Waals surface area contributed by atoms with Gasteiger partial charge in [-0.3, -0.25) is 0 Å². The predicted octanol–water partition coefficient (Wildman–Crippen LogP) is 3.53. The Morgan fingerprint density at radius 1 is 1.30 bits per heavy atom. The van der Waals surface area contributed by atoms with Gasteiger partial charge in [0.15, 0.2) is 0 Å². The first kappa shape index (κ1) is 13.3. The van der Waals surface area contributed by atoms with Crippen LogP contribution < -0.4 is 5.32 Å². The third-order valence-corrected chi connectivity index (χ3v) is 4.39. The van der Waals surface area contributed by atoms with Crippen molar-refractivity contribution in [3.63, 3.8) is 0 Å². The number of para-hydroxylation sites is 2. The molecule has 0 fully saturated rings. The van der Waals surface area contributed by atoms with E-state index in [-0.39, 0.29) is 6.04 Å². The highest BCUT2D eigenvalue weighted by molar-refractivity contribution is 7.07. The minimum atomic E-state index is 0.256. The molecule has 104 valence electrons. The van der Waals surface area contributed by atoms with Gasteiger partial charge in [-0.15, -0.1) is 0 Å². The van der Waals surface area contributed by atoms with E-state index in [2.05, 4.69) is 58.9 Å². The van der Waals surface area contributed by atoms with Crippen LogP contribution in [0.1, 0.15) is 24.4 Å². The molecule has 1 unspecified atom stereocenters. The molecule has 1 aromatic carbocycles. The lowest BCUT2D eigenvalue weighted by Crippen LogP contribution is -2.23. The standard InChI is InChI=1S/C16H19N3S/c1-12(17-9-7-13-8-10-20-11-13)16-18-14-5-3-4-6-15(14)19(16)2/h3-6,8,10-12,17H,7,9H2,1-2H3. The first-order valence-corrected chi connectivity index (χ1v) is 7.86. The maximum Gasteiger partial charge on any atom is 0.126 e. The van der Waals surface area contributed by atoms with Crippen molar-refractivity contribution in [2.75, 3.05) is 6.54 Å². The average molecular weight is 285 g/mol. The summed E-state index contributed by atoms with van der Waals surface area (Å²) in [5.41, 5.74) is 3.66. The van der Waals surface area contributed by atoms with Crippen LogP contribution in [0.3, 0.4) is 0 Å². The number of aromatic nitrogens is 2. The summed E-state index contributed by atoms with van der Waals surface area (Å²) in [6, 6.07) is 10.7. The topological polar surface area (TPSA) is 29.9 Å². The first-order valence-electron chi connectivity index (χ1n) is 6.91. The van der Waals surface area contributed by atoms with Crippen molar-refractivity contribution in [2.24, 2.45) is 7.05 Å². The van der Waals surface area contributed by atoms with Gasteiger partial charge in [-0.05, 0) is 54.4 Å². The van der Waals surface area contributed by atoms with E-state index in [0.717, 1.165) is 24.3 Å². The number of thiophene rings is 1. The monoisotopic (exact) mass is 285 g/mol. The summed E-state index contributed by atoms with van der Waals surface area (Å²) in [7, 11) is 2.09. The molecule has 1 N–H and O–H groups in total. The molecule has 3 nitrogen and oxygen atoms in total. The van der Waals surface area contributed by atoms with Crippen molar-refractivity contribution >= 4 is 22.4 Å². The van der Waals surface area contributed by atoms with Gasteiger partial charge in [0.25, 0.3) is 0 Å². The van der Waals surface area contributed by atoms with E-state index >= 15 is 0 Å². The molecule has 3 aromatic rings. The molecule has 0 radical (unpaired) electrons. The van der Waals surface area contributed by atoms with Crippen molar-refractivity contribution in [2.45, 2.75) is 19.4 Å². The van der Waals surface area contributed by atoms with E-state index in [0.29, 0.717) is 0 Å². The van der Waals surface area contributed by atoms with Gasteiger partial charge in [0, 0.05) is 7.05 Å². The van der Waals surface area contributed by atoms with E-state index in [4.69, 9.17) is 4.98 Å². The summed E-state index contributed by atoms with van der Waals surface area (Å²) in [6.45, 7) is 3.15. The number of hydrogen-bond acceptors (Lipinski definition) is 3. The summed E-state index contributed by atoms with van der Waals surface area (Å²) in [5.74, 6) is 1.09. The number of aryl methyl sites for hydroxylation is 1. The Kier molecular flexibility index (Phi) is 3.85. The lowest BCUT2D eigenvalue weighted by atomic mass is 10.2. The Hall–Kier alpha value is -1.65. The molecule has 0 spiro atoms. The second kappa shape index (κ2) is 5.77. The summed E-state index contributed by atoms with van der Waals surface area (Å²) < 4.78 is 2.18. The number of fused-ring (bicyclic) bond motifs is 1. The fourth-order valence-electron chi connectivity index (χ4n) is 2.51. The lowest BCUT2D eigenvalue weighted by molar-refractivity contribution is 0.536. The average Bonchev–Trinajstić information content (AvgIpc) is 3.08. The molecule has 0 amide bonds. The second-order valence-corrected chi connectivity index (χ2v) is 5.86. The molecule has 0 aliphatic carbocycles. The maximum absolute atomic E-state index is 4.73. The molecule has 0 aliphatic rings. The van der Waals surface area contributed by atoms with E-state index in [1.165, 1.54) is 11.1 Å². The van der Waals surface area contributed by atoms with E-state index in [1.807, 2.05) is 6.07 Å². The highest BCUT2D eigenvalue weighted by Crippen LogP contribution is 2.19. The fourth-order valence-corrected chi connectivity index (χ4v) is 3.21. The van der Waals surface area contributed by atoms with Gasteiger partial charge in [-0.25, -0.2) is 4.98 Å². The quantitative estimate of drug-likeness (QED) is 0.777. The Balaban J connectivity index is 1.69. The molecule has 0 saturated carbocycles. The number of imidazole rings is 1. The summed E-state index contributed by atoms with van der Waals surface area (Å²) in [5, 5.41) is 7.90. The Morgan fingerprint density at radius 2 is 2.15 bits per heavy atom. The normalized spacial score (nSPS) is 12.9. The van der Waals surface area contributed by atoms with Gasteiger partial charge in [0.1, 0.15) is 5.82 Å². The second-order valence-electron chi connectivity index (χ2n) is 5.08. The Bertz CT molecular complexity index is 685. The van der Waals surface area contributed by atoms with Gasteiger partial charge in [0.05, 0.1) is 17.1 Å². The molecular weight excluding hydrogens is 266 g/mol. The van der Waals surface area contributed by atoms with Crippen LogP contribution in [0.25, 0.3) is 11.0 Å². The summed E-state index contributed by atoms with van der Waals surface area (Å²) in [6.07, 6.45) is 1.07. The SMILES string of the molecule is CC(NCCc1ccsc1)c1nc2ccccc2n1C. The van der Waals surface area contributed by atoms with Gasteiger partial charge in [0.2, 0.25) is 0 Å². The molecule has 2 aromatic heterocycles. The molecule has 0 bridgehead atoms. The molecule has 0 saturated heterocycles. The number of hydrogen-bond donors (Lipinski definition) is 1. The van der Waals surface area contributed by atoms with Crippen molar-refractivity contribution < 1.29 is 0 Å². The third-order valence-electron chi connectivity index (χ3n) is 3.65. The van der Waals surface area contributed by atoms with Crippen molar-refractivity contribution in [3.05, 3.63) is 52.5 Å². The van der Waals surface area contributed by atoms with Gasteiger partial charge < -0.3 is 9.88 Å². The Morgan fingerprint density at radius 3 is 2.90 bits per heavy atom. The highest BCUT2D eigenvalue weighted by Gasteiger charge is 2.13. The number of nitrogens with one attached hydrogen (secondary N) is 1. The van der Waals surface area contributed by atoms with Gasteiger partial charge >= 0.3 is 0 Å². The first-order chi connectivity index (χ1) is 9.75. The zero-order valence-electron chi connectivity index (χ0n) is 11.8. The van der Waals surface area contributed by atoms with Crippen LogP contribution in [0.5, 0.6) is 0 Å². The lowest BCUT2D eigenvalue weighted by Gasteiger charge is -2.13. The predicted molar refractivity (Wildman–Crippen MR) is 85.2 cm³/mol. The maximum atomic E-state index is 4.73. The fraction of sp³-hybridized carbons (Fsp3) is 0.312. The molecule has 2 heterocycles. The largest absolute Gasteiger partial charge is 0.330 e. The zero-order valence-corrected chi connectivity index (χ0v) is 12.7. The van der Waals surface area contributed by atoms with Crippen LogP contribution in [0.15, 0.2) is 41.1 Å². The minimum absolute atomic E-state index is 0.256. The molecule has 0 aliphatic heterocycles. The number of nitrogens with zero attached hydrogens (tertiary/aromatic N) is 2. The molecule has 1 atom stereocenters. The van der Waals surface area contributed by atoms with Crippen molar-refractivity contribution in [3.8, 4) is 0 Å². The molecule has 3 rings (SSSR count). The number of rotatable bonds is 5. The highest BCUT2D eigenvalue weighted by atomic mass is 32.1. The van der Waals surface area contributed by atoms with E-state index in [1.54, 1.807) is 11.3 Å². The van der Waals surface area contributed by atoms with Crippen molar-refractivity contribution in [1.29, 1.82) is 0 Å². The third kappa shape index (κ3) is 2.62. The van der Waals surface area contributed by atoms with Crippen LogP contribution in [0, 0.1) is 0 Å². The molecule has 20 heavy (non-hydrogen) atoms. The van der Waals surface area contributed by atoms with Crippen LogP contribution >= 0.6 is 11.3 Å². The van der Waals surface area contributed by atoms with Crippen LogP contribution in [-0.2, 0) is 13.5 Å². The van der Waals surface area contributed by atoms with E-state index < -0.39 is 0 Å². The zero-order chi connectivity index (χ0) is 13.9. The van der Waals surface area contributed by atoms with E-state index in [9.17, 15) is 0 Å². The molecular formula is C16H19N3S. The summed E-state index contributed by atoms with van der Waals surface area (Å²) >= 11 is 1.76. The van der Waals surface area contributed by atoms with Gasteiger partial charge in [-0.2, -0.15) is 11.3 Å². The summed E-state index contributed by atoms with van der Waals surface area (Å²) in [4.78, 5) is 4.73. The molecule has 4 heteroatoms. The minimum Gasteiger partial charge on any atom is -0.330 e. The smallest absolute Gasteiger partial charge is 0.126 e. The van der Waals surface area contributed by atoms with Gasteiger partial charge in [-0.1, -0.05) is 12.1 Å². The Labute approximate surface area is 123 Å². The number of benzene rings is 1.